The molecular weight excluding hydrogens is 362 g/mol. The van der Waals surface area contributed by atoms with Crippen molar-refractivity contribution in [3.05, 3.63) is 0 Å². The first-order chi connectivity index (χ1) is 12.2. The average Bonchev–Trinajstić information content (AvgIpc) is 2.44. The molecule has 1 aliphatic heterocycles. The van der Waals surface area contributed by atoms with Crippen LogP contribution >= 0.6 is 0 Å². The zero-order valence-electron chi connectivity index (χ0n) is 16.5. The van der Waals surface area contributed by atoms with Crippen LogP contribution in [0.4, 0.5) is 4.79 Å². The molecule has 0 radical (unpaired) electrons. The number of aliphatic carboxylic acids is 1. The number of hydrogen-bond acceptors (Lipinski definition) is 8. The van der Waals surface area contributed by atoms with Gasteiger partial charge in [0.25, 0.3) is 0 Å². The zero-order valence-corrected chi connectivity index (χ0v) is 16.5. The highest BCUT2D eigenvalue weighted by Gasteiger charge is 2.59. The molecule has 1 aliphatic rings. The first kappa shape index (κ1) is 22.7. The normalized spacial score (nSPS) is 30.8. The molecular formula is C17H27NO9. The van der Waals surface area contributed by atoms with E-state index in [9.17, 15) is 24.3 Å². The number of carbonyl (C=O) groups is 4. The Bertz CT molecular complexity index is 612. The van der Waals surface area contributed by atoms with Gasteiger partial charge in [0.1, 0.15) is 11.6 Å². The molecule has 1 amide bonds. The summed E-state index contributed by atoms with van der Waals surface area (Å²) in [4.78, 5) is 47.2. The fourth-order valence-electron chi connectivity index (χ4n) is 2.82. The number of carbonyl (C=O) groups excluding carboxylic acids is 3. The van der Waals surface area contributed by atoms with Gasteiger partial charge in [-0.2, -0.15) is 0 Å². The van der Waals surface area contributed by atoms with Crippen LogP contribution in [0.15, 0.2) is 0 Å². The second-order valence-corrected chi connectivity index (χ2v) is 7.51. The second-order valence-electron chi connectivity index (χ2n) is 7.51. The third-order valence-corrected chi connectivity index (χ3v) is 3.84. The monoisotopic (exact) mass is 389 g/mol. The van der Waals surface area contributed by atoms with Gasteiger partial charge in [0.15, 0.2) is 17.8 Å². The smallest absolute Gasteiger partial charge is 0.408 e. The fraction of sp³-hybridized carbons (Fsp3) is 0.765. The first-order valence-electron chi connectivity index (χ1n) is 8.42. The lowest BCUT2D eigenvalue weighted by molar-refractivity contribution is -0.240. The van der Waals surface area contributed by atoms with Gasteiger partial charge in [-0.1, -0.05) is 0 Å². The molecule has 10 nitrogen and oxygen atoms in total. The van der Waals surface area contributed by atoms with Crippen molar-refractivity contribution in [3.8, 4) is 0 Å². The molecule has 0 aliphatic carbocycles. The van der Waals surface area contributed by atoms with Crippen LogP contribution in [0.3, 0.4) is 0 Å². The SMILES string of the molecule is CC(=O)O[C@H]1[C@H](OC(C)=O)[C@@H](C)O[C@](C)(C(=O)O)[C@@H]1NC(=O)OC(C)(C)C. The minimum absolute atomic E-state index is 0.678. The van der Waals surface area contributed by atoms with Crippen LogP contribution < -0.4 is 5.32 Å². The van der Waals surface area contributed by atoms with E-state index >= 15 is 0 Å². The number of rotatable bonds is 4. The van der Waals surface area contributed by atoms with Crippen LogP contribution in [0.25, 0.3) is 0 Å². The summed E-state index contributed by atoms with van der Waals surface area (Å²) in [6, 6.07) is -1.38. The summed E-state index contributed by atoms with van der Waals surface area (Å²) < 4.78 is 21.1. The van der Waals surface area contributed by atoms with E-state index in [0.717, 1.165) is 13.8 Å². The van der Waals surface area contributed by atoms with Crippen LogP contribution in [-0.2, 0) is 33.3 Å². The van der Waals surface area contributed by atoms with Crippen LogP contribution in [0, 0.1) is 0 Å². The van der Waals surface area contributed by atoms with Gasteiger partial charge >= 0.3 is 24.0 Å². The van der Waals surface area contributed by atoms with Gasteiger partial charge in [-0.3, -0.25) is 9.59 Å². The number of carboxylic acids is 1. The van der Waals surface area contributed by atoms with Crippen LogP contribution in [0.2, 0.25) is 0 Å². The van der Waals surface area contributed by atoms with Gasteiger partial charge in [-0.15, -0.1) is 0 Å². The lowest BCUT2D eigenvalue weighted by atomic mass is 9.83. The highest BCUT2D eigenvalue weighted by atomic mass is 16.6. The summed E-state index contributed by atoms with van der Waals surface area (Å²) in [5, 5.41) is 12.1. The van der Waals surface area contributed by atoms with E-state index in [1.807, 2.05) is 0 Å². The van der Waals surface area contributed by atoms with Crippen LogP contribution in [0.1, 0.15) is 48.5 Å². The number of nitrogens with one attached hydrogen (secondary N) is 1. The molecule has 1 fully saturated rings. The van der Waals surface area contributed by atoms with Crippen molar-refractivity contribution in [1.82, 2.24) is 5.32 Å². The molecule has 0 bridgehead atoms. The lowest BCUT2D eigenvalue weighted by Crippen LogP contribution is -2.72. The molecule has 1 saturated heterocycles. The summed E-state index contributed by atoms with van der Waals surface area (Å²) in [5.41, 5.74) is -2.81. The predicted octanol–water partition coefficient (Wildman–Crippen LogP) is 1.01. The highest BCUT2D eigenvalue weighted by Crippen LogP contribution is 2.34. The van der Waals surface area contributed by atoms with Gasteiger partial charge in [-0.25, -0.2) is 9.59 Å². The summed E-state index contributed by atoms with van der Waals surface area (Å²) in [6.07, 6.45) is -4.28. The van der Waals surface area contributed by atoms with E-state index in [2.05, 4.69) is 5.32 Å². The molecule has 0 spiro atoms. The van der Waals surface area contributed by atoms with E-state index in [1.54, 1.807) is 20.8 Å². The van der Waals surface area contributed by atoms with Gasteiger partial charge in [0.05, 0.1) is 6.10 Å². The Morgan fingerprint density at radius 3 is 1.93 bits per heavy atom. The molecule has 0 unspecified atom stereocenters. The Balaban J connectivity index is 3.33. The van der Waals surface area contributed by atoms with E-state index in [1.165, 1.54) is 13.8 Å². The second kappa shape index (κ2) is 8.12. The van der Waals surface area contributed by atoms with Crippen molar-refractivity contribution < 1.29 is 43.2 Å². The molecule has 0 saturated carbocycles. The summed E-state index contributed by atoms with van der Waals surface area (Å²) >= 11 is 0. The quantitative estimate of drug-likeness (QED) is 0.533. The molecule has 154 valence electrons. The Hall–Kier alpha value is -2.36. The van der Waals surface area contributed by atoms with Crippen molar-refractivity contribution in [2.75, 3.05) is 0 Å². The third kappa shape index (κ3) is 5.81. The lowest BCUT2D eigenvalue weighted by Gasteiger charge is -2.48. The Morgan fingerprint density at radius 1 is 1.04 bits per heavy atom. The van der Waals surface area contributed by atoms with Gasteiger partial charge in [-0.05, 0) is 34.6 Å². The number of carboxylic acid groups (broad SMARTS) is 1. The standard InChI is InChI=1S/C17H27NO9/c1-8-11(24-9(2)19)12(25-10(3)20)13(17(7,26-8)14(21)22)18-15(23)27-16(4,5)6/h8,11-13H,1-7H3,(H,18,23)(H,21,22)/t8-,11-,12+,13-,17+/m1/s1. The molecule has 1 rings (SSSR count). The molecule has 0 aromatic carbocycles. The topological polar surface area (TPSA) is 137 Å². The summed E-state index contributed by atoms with van der Waals surface area (Å²) in [7, 11) is 0. The van der Waals surface area contributed by atoms with Crippen molar-refractivity contribution in [2.24, 2.45) is 0 Å². The molecule has 10 heteroatoms. The van der Waals surface area contributed by atoms with Gasteiger partial charge < -0.3 is 29.4 Å². The molecule has 1 heterocycles. The Morgan fingerprint density at radius 2 is 1.52 bits per heavy atom. The number of hydrogen-bond donors (Lipinski definition) is 2. The summed E-state index contributed by atoms with van der Waals surface area (Å²) in [5.74, 6) is -2.81. The van der Waals surface area contributed by atoms with E-state index in [0.29, 0.717) is 0 Å². The van der Waals surface area contributed by atoms with Crippen LogP contribution in [0.5, 0.6) is 0 Å². The minimum Gasteiger partial charge on any atom is -0.479 e. The van der Waals surface area contributed by atoms with Gasteiger partial charge in [0.2, 0.25) is 0 Å². The van der Waals surface area contributed by atoms with Gasteiger partial charge in [0, 0.05) is 13.8 Å². The fourth-order valence-corrected chi connectivity index (χ4v) is 2.82. The molecule has 0 aromatic heterocycles. The van der Waals surface area contributed by atoms with E-state index in [-0.39, 0.29) is 0 Å². The van der Waals surface area contributed by atoms with E-state index < -0.39 is 59.6 Å². The van der Waals surface area contributed by atoms with Crippen molar-refractivity contribution in [2.45, 2.75) is 84.0 Å². The maximum atomic E-state index is 12.2. The van der Waals surface area contributed by atoms with E-state index in [4.69, 9.17) is 18.9 Å². The molecule has 5 atom stereocenters. The Kier molecular flexibility index (Phi) is 6.82. The zero-order chi connectivity index (χ0) is 21.2. The van der Waals surface area contributed by atoms with Crippen LogP contribution in [-0.4, -0.2) is 64.7 Å². The number of esters is 2. The third-order valence-electron chi connectivity index (χ3n) is 3.84. The first-order valence-corrected chi connectivity index (χ1v) is 8.42. The predicted molar refractivity (Wildman–Crippen MR) is 90.9 cm³/mol. The number of alkyl carbamates (subject to hydrolysis) is 1. The average molecular weight is 389 g/mol. The van der Waals surface area contributed by atoms with Crippen molar-refractivity contribution in [1.29, 1.82) is 0 Å². The highest BCUT2D eigenvalue weighted by molar-refractivity contribution is 5.80. The molecule has 2 N–H and O–H groups in total. The Labute approximate surface area is 157 Å². The van der Waals surface area contributed by atoms with Crippen molar-refractivity contribution in [3.63, 3.8) is 0 Å². The number of ether oxygens (including phenoxy) is 4. The minimum atomic E-state index is -1.97. The largest absolute Gasteiger partial charge is 0.479 e. The summed E-state index contributed by atoms with van der Waals surface area (Å²) in [6.45, 7) is 9.88. The van der Waals surface area contributed by atoms with Crippen molar-refractivity contribution >= 4 is 24.0 Å². The maximum absolute atomic E-state index is 12.2. The maximum Gasteiger partial charge on any atom is 0.408 e. The number of amides is 1. The molecule has 27 heavy (non-hydrogen) atoms. The molecule has 0 aromatic rings.